The molecule has 0 aliphatic rings. The summed E-state index contributed by atoms with van der Waals surface area (Å²) in [6, 6.07) is 9.41. The number of benzene rings is 2. The Labute approximate surface area is 152 Å². The second kappa shape index (κ2) is 7.74. The molecule has 0 spiro atoms. The summed E-state index contributed by atoms with van der Waals surface area (Å²) < 4.78 is 46.7. The van der Waals surface area contributed by atoms with Crippen LogP contribution in [0.3, 0.4) is 0 Å². The number of amides is 1. The van der Waals surface area contributed by atoms with Crippen LogP contribution in [0.15, 0.2) is 47.4 Å². The Morgan fingerprint density at radius 2 is 1.77 bits per heavy atom. The highest BCUT2D eigenvalue weighted by Gasteiger charge is 2.19. The highest BCUT2D eigenvalue weighted by atomic mass is 32.2. The van der Waals surface area contributed by atoms with E-state index in [0.717, 1.165) is 12.1 Å². The number of nitrogens with zero attached hydrogens (tertiary/aromatic N) is 1. The van der Waals surface area contributed by atoms with Crippen LogP contribution < -0.4 is 14.4 Å². The van der Waals surface area contributed by atoms with Gasteiger partial charge in [0.05, 0.1) is 22.4 Å². The molecule has 0 aliphatic heterocycles. The van der Waals surface area contributed by atoms with E-state index in [1.165, 1.54) is 37.1 Å². The number of hydrogen-bond donors (Lipinski definition) is 1. The van der Waals surface area contributed by atoms with Crippen LogP contribution >= 0.6 is 0 Å². The van der Waals surface area contributed by atoms with Gasteiger partial charge in [-0.2, -0.15) is 0 Å². The van der Waals surface area contributed by atoms with Gasteiger partial charge in [0.2, 0.25) is 5.91 Å². The zero-order chi connectivity index (χ0) is 19.5. The first kappa shape index (κ1) is 19.7. The Morgan fingerprint density at radius 3 is 2.31 bits per heavy atom. The molecular formula is C18H21FN2O4S. The average molecular weight is 380 g/mol. The number of carbonyl (C=O) groups is 1. The van der Waals surface area contributed by atoms with Gasteiger partial charge in [0.25, 0.3) is 10.0 Å². The van der Waals surface area contributed by atoms with Gasteiger partial charge in [-0.3, -0.25) is 9.52 Å². The number of anilines is 2. The first-order chi connectivity index (χ1) is 12.1. The first-order valence-electron chi connectivity index (χ1n) is 7.93. The number of carbonyl (C=O) groups excluding carboxylic acids is 1. The molecule has 0 aromatic heterocycles. The molecule has 0 saturated heterocycles. The summed E-state index contributed by atoms with van der Waals surface area (Å²) in [5.74, 6) is -0.391. The Kier molecular flexibility index (Phi) is 5.86. The third-order valence-electron chi connectivity index (χ3n) is 3.54. The van der Waals surface area contributed by atoms with Crippen molar-refractivity contribution in [3.05, 3.63) is 48.3 Å². The van der Waals surface area contributed by atoms with Crippen molar-refractivity contribution in [3.8, 4) is 5.75 Å². The molecule has 0 atom stereocenters. The maximum atomic E-state index is 13.6. The fraction of sp³-hybridized carbons (Fsp3) is 0.278. The minimum atomic E-state index is -3.97. The predicted octanol–water partition coefficient (Wildman–Crippen LogP) is 3.40. The average Bonchev–Trinajstić information content (AvgIpc) is 2.54. The Bertz CT molecular complexity index is 896. The molecule has 1 amide bonds. The largest absolute Gasteiger partial charge is 0.491 e. The minimum Gasteiger partial charge on any atom is -0.491 e. The third-order valence-corrected chi connectivity index (χ3v) is 4.92. The van der Waals surface area contributed by atoms with Crippen LogP contribution in [0, 0.1) is 5.82 Å². The molecule has 0 aliphatic carbocycles. The van der Waals surface area contributed by atoms with Gasteiger partial charge in [-0.1, -0.05) is 0 Å². The molecule has 2 rings (SSSR count). The Balaban J connectivity index is 2.34. The lowest BCUT2D eigenvalue weighted by atomic mass is 10.2. The predicted molar refractivity (Wildman–Crippen MR) is 98.5 cm³/mol. The molecule has 2 aromatic rings. The molecule has 26 heavy (non-hydrogen) atoms. The zero-order valence-corrected chi connectivity index (χ0v) is 15.8. The van der Waals surface area contributed by atoms with Crippen LogP contribution in [0.4, 0.5) is 15.8 Å². The number of hydrogen-bond acceptors (Lipinski definition) is 4. The molecule has 0 saturated carbocycles. The molecule has 0 radical (unpaired) electrons. The topological polar surface area (TPSA) is 75.7 Å². The van der Waals surface area contributed by atoms with Crippen molar-refractivity contribution in [1.82, 2.24) is 0 Å². The number of sulfonamides is 1. The fourth-order valence-electron chi connectivity index (χ4n) is 2.23. The van der Waals surface area contributed by atoms with Gasteiger partial charge in [-0.15, -0.1) is 0 Å². The first-order valence-corrected chi connectivity index (χ1v) is 9.42. The zero-order valence-electron chi connectivity index (χ0n) is 15.0. The summed E-state index contributed by atoms with van der Waals surface area (Å²) in [5.41, 5.74) is 0.229. The van der Waals surface area contributed by atoms with Crippen LogP contribution in [0.25, 0.3) is 0 Å². The standard InChI is InChI=1S/C18H21FN2O4S/c1-12(2)25-15-6-8-16(9-7-15)26(23,24)20-17-11-14(19)5-10-18(17)21(4)13(3)22/h5-12,20H,1-4H3. The van der Waals surface area contributed by atoms with Crippen molar-refractivity contribution < 1.29 is 22.3 Å². The third kappa shape index (κ3) is 4.72. The molecule has 0 fully saturated rings. The van der Waals surface area contributed by atoms with Crippen LogP contribution in [0.2, 0.25) is 0 Å². The van der Waals surface area contributed by atoms with E-state index in [4.69, 9.17) is 4.74 Å². The van der Waals surface area contributed by atoms with E-state index in [9.17, 15) is 17.6 Å². The van der Waals surface area contributed by atoms with E-state index in [1.807, 2.05) is 13.8 Å². The summed E-state index contributed by atoms with van der Waals surface area (Å²) in [4.78, 5) is 12.8. The number of halogens is 1. The molecular weight excluding hydrogens is 359 g/mol. The Morgan fingerprint density at radius 1 is 1.15 bits per heavy atom. The van der Waals surface area contributed by atoms with Gasteiger partial charge >= 0.3 is 0 Å². The number of rotatable bonds is 6. The van der Waals surface area contributed by atoms with Crippen LogP contribution in [-0.2, 0) is 14.8 Å². The molecule has 0 unspecified atom stereocenters. The molecule has 6 nitrogen and oxygen atoms in total. The van der Waals surface area contributed by atoms with Crippen molar-refractivity contribution in [3.63, 3.8) is 0 Å². The molecule has 0 bridgehead atoms. The van der Waals surface area contributed by atoms with E-state index >= 15 is 0 Å². The van der Waals surface area contributed by atoms with Gasteiger partial charge in [0, 0.05) is 20.0 Å². The van der Waals surface area contributed by atoms with E-state index in [2.05, 4.69) is 4.72 Å². The molecule has 1 N–H and O–H groups in total. The SMILES string of the molecule is CC(=O)N(C)c1ccc(F)cc1NS(=O)(=O)c1ccc(OC(C)C)cc1. The normalized spacial score (nSPS) is 11.3. The van der Waals surface area contributed by atoms with Crippen LogP contribution in [0.1, 0.15) is 20.8 Å². The highest BCUT2D eigenvalue weighted by molar-refractivity contribution is 7.92. The summed E-state index contributed by atoms with van der Waals surface area (Å²) in [7, 11) is -2.49. The minimum absolute atomic E-state index is 0.00528. The lowest BCUT2D eigenvalue weighted by Crippen LogP contribution is -2.25. The summed E-state index contributed by atoms with van der Waals surface area (Å²) in [5, 5.41) is 0. The van der Waals surface area contributed by atoms with E-state index in [-0.39, 0.29) is 28.3 Å². The smallest absolute Gasteiger partial charge is 0.261 e. The van der Waals surface area contributed by atoms with E-state index in [1.54, 1.807) is 12.1 Å². The fourth-order valence-corrected chi connectivity index (χ4v) is 3.29. The lowest BCUT2D eigenvalue weighted by molar-refractivity contribution is -0.116. The maximum absolute atomic E-state index is 13.6. The van der Waals surface area contributed by atoms with Crippen molar-refractivity contribution >= 4 is 27.3 Å². The van der Waals surface area contributed by atoms with Crippen molar-refractivity contribution in [2.24, 2.45) is 0 Å². The Hall–Kier alpha value is -2.61. The van der Waals surface area contributed by atoms with Crippen LogP contribution in [-0.4, -0.2) is 27.5 Å². The summed E-state index contributed by atoms with van der Waals surface area (Å²) >= 11 is 0. The van der Waals surface area contributed by atoms with Crippen LogP contribution in [0.5, 0.6) is 5.75 Å². The quantitative estimate of drug-likeness (QED) is 0.833. The van der Waals surface area contributed by atoms with Gasteiger partial charge in [-0.05, 0) is 50.2 Å². The van der Waals surface area contributed by atoms with Gasteiger partial charge in [-0.25, -0.2) is 12.8 Å². The van der Waals surface area contributed by atoms with E-state index < -0.39 is 15.8 Å². The van der Waals surface area contributed by atoms with Crippen molar-refractivity contribution in [1.29, 1.82) is 0 Å². The maximum Gasteiger partial charge on any atom is 0.261 e. The molecule has 0 heterocycles. The number of ether oxygens (including phenoxy) is 1. The van der Waals surface area contributed by atoms with Gasteiger partial charge in [0.15, 0.2) is 0 Å². The van der Waals surface area contributed by atoms with Crippen molar-refractivity contribution in [2.45, 2.75) is 31.8 Å². The summed E-state index contributed by atoms with van der Waals surface area (Å²) in [6.07, 6.45) is -0.0347. The summed E-state index contributed by atoms with van der Waals surface area (Å²) in [6.45, 7) is 5.06. The molecule has 140 valence electrons. The second-order valence-electron chi connectivity index (χ2n) is 5.98. The highest BCUT2D eigenvalue weighted by Crippen LogP contribution is 2.29. The second-order valence-corrected chi connectivity index (χ2v) is 7.67. The van der Waals surface area contributed by atoms with Crippen molar-refractivity contribution in [2.75, 3.05) is 16.7 Å². The molecule has 2 aromatic carbocycles. The molecule has 8 heteroatoms. The lowest BCUT2D eigenvalue weighted by Gasteiger charge is -2.20. The van der Waals surface area contributed by atoms with Gasteiger partial charge in [0.1, 0.15) is 11.6 Å². The number of nitrogens with one attached hydrogen (secondary N) is 1. The monoisotopic (exact) mass is 380 g/mol. The van der Waals surface area contributed by atoms with Gasteiger partial charge < -0.3 is 9.64 Å². The van der Waals surface area contributed by atoms with E-state index in [0.29, 0.717) is 5.75 Å².